The minimum atomic E-state index is 0.136. The molecule has 0 heterocycles. The smallest absolute Gasteiger partial charge is 0.166 e. The average molecular weight is 319 g/mol. The molecule has 0 amide bonds. The Morgan fingerprint density at radius 3 is 2.75 bits per heavy atom. The van der Waals surface area contributed by atoms with Crippen LogP contribution < -0.4 is 5.32 Å². The second-order valence-electron chi connectivity index (χ2n) is 7.67. The van der Waals surface area contributed by atoms with Crippen molar-refractivity contribution in [3.63, 3.8) is 0 Å². The van der Waals surface area contributed by atoms with Crippen molar-refractivity contribution >= 4 is 11.5 Å². The van der Waals surface area contributed by atoms with E-state index in [0.717, 1.165) is 24.2 Å². The number of anilines is 1. The second-order valence-corrected chi connectivity index (χ2v) is 7.67. The molecule has 0 aliphatic heterocycles. The van der Waals surface area contributed by atoms with Gasteiger partial charge in [0.15, 0.2) is 5.78 Å². The van der Waals surface area contributed by atoms with E-state index in [1.165, 1.54) is 24.0 Å². The quantitative estimate of drug-likeness (QED) is 0.843. The van der Waals surface area contributed by atoms with E-state index >= 15 is 0 Å². The normalized spacial score (nSPS) is 28.3. The molecule has 0 aromatic heterocycles. The summed E-state index contributed by atoms with van der Waals surface area (Å²) >= 11 is 0. The molecule has 2 aliphatic rings. The summed E-state index contributed by atoms with van der Waals surface area (Å²) in [5, 5.41) is 3.52. The zero-order valence-electron chi connectivity index (χ0n) is 14.5. The van der Waals surface area contributed by atoms with Gasteiger partial charge in [0.2, 0.25) is 0 Å². The number of fused-ring (bicyclic) bond motifs is 4. The van der Waals surface area contributed by atoms with E-state index < -0.39 is 0 Å². The van der Waals surface area contributed by atoms with Crippen molar-refractivity contribution in [1.29, 1.82) is 0 Å². The summed E-state index contributed by atoms with van der Waals surface area (Å²) in [5.74, 6) is 1.03. The molecule has 0 spiro atoms. The third-order valence-electron chi connectivity index (χ3n) is 6.40. The molecule has 2 bridgehead atoms. The Labute approximate surface area is 144 Å². The summed E-state index contributed by atoms with van der Waals surface area (Å²) in [4.78, 5) is 12.9. The van der Waals surface area contributed by atoms with Crippen LogP contribution in [-0.4, -0.2) is 5.78 Å². The summed E-state index contributed by atoms with van der Waals surface area (Å²) in [6, 6.07) is 16.8. The Morgan fingerprint density at radius 1 is 1.17 bits per heavy atom. The number of hydrogen-bond acceptors (Lipinski definition) is 2. The molecule has 2 aliphatic carbocycles. The van der Waals surface area contributed by atoms with Crippen LogP contribution in [0, 0.1) is 11.8 Å². The van der Waals surface area contributed by atoms with Gasteiger partial charge in [-0.2, -0.15) is 0 Å². The van der Waals surface area contributed by atoms with E-state index in [-0.39, 0.29) is 11.3 Å². The lowest BCUT2D eigenvalue weighted by atomic mass is 9.54. The number of carbonyl (C=O) groups is 1. The molecule has 124 valence electrons. The number of benzene rings is 2. The summed E-state index contributed by atoms with van der Waals surface area (Å²) in [6.45, 7) is 5.44. The predicted octanol–water partition coefficient (Wildman–Crippen LogP) is 5.19. The van der Waals surface area contributed by atoms with Crippen LogP contribution in [-0.2, 0) is 12.0 Å². The lowest BCUT2D eigenvalue weighted by Crippen LogP contribution is -2.47. The van der Waals surface area contributed by atoms with E-state index in [9.17, 15) is 4.79 Å². The van der Waals surface area contributed by atoms with Gasteiger partial charge < -0.3 is 5.32 Å². The molecule has 1 N–H and O–H groups in total. The highest BCUT2D eigenvalue weighted by molar-refractivity contribution is 6.01. The van der Waals surface area contributed by atoms with Crippen LogP contribution in [0.15, 0.2) is 48.5 Å². The van der Waals surface area contributed by atoms with Crippen molar-refractivity contribution in [2.24, 2.45) is 11.8 Å². The molecule has 2 nitrogen and oxygen atoms in total. The number of hydrogen-bond donors (Lipinski definition) is 1. The van der Waals surface area contributed by atoms with Gasteiger partial charge in [-0.1, -0.05) is 50.6 Å². The van der Waals surface area contributed by atoms with Crippen LogP contribution in [0.3, 0.4) is 0 Å². The Hall–Kier alpha value is -2.09. The van der Waals surface area contributed by atoms with Gasteiger partial charge in [-0.3, -0.25) is 4.79 Å². The van der Waals surface area contributed by atoms with Crippen LogP contribution in [0.25, 0.3) is 0 Å². The van der Waals surface area contributed by atoms with Crippen molar-refractivity contribution in [2.45, 2.75) is 45.1 Å². The number of carbonyl (C=O) groups excluding carboxylic acids is 1. The molecule has 4 rings (SSSR count). The van der Waals surface area contributed by atoms with Crippen LogP contribution in [0.1, 0.15) is 54.6 Å². The Balaban J connectivity index is 1.66. The standard InChI is InChI=1S/C22H25NO/c1-15-18-9-6-12-22(15,2)20-13-17(10-11-19(20)21(18)24)23-14-16-7-4-3-5-8-16/h3-5,7-8,10-11,13,15,18,23H,6,9,12,14H2,1-2H3/t15-,18-,22-/m0/s1. The maximum atomic E-state index is 12.9. The Morgan fingerprint density at radius 2 is 1.96 bits per heavy atom. The predicted molar refractivity (Wildman–Crippen MR) is 98.4 cm³/mol. The first-order valence-corrected chi connectivity index (χ1v) is 9.06. The average Bonchev–Trinajstić information content (AvgIpc) is 2.61. The lowest BCUT2D eigenvalue weighted by molar-refractivity contribution is 0.0668. The summed E-state index contributed by atoms with van der Waals surface area (Å²) < 4.78 is 0. The first-order chi connectivity index (χ1) is 11.6. The van der Waals surface area contributed by atoms with Gasteiger partial charge in [0.05, 0.1) is 0 Å². The zero-order valence-corrected chi connectivity index (χ0v) is 14.5. The number of ketones is 1. The molecule has 0 radical (unpaired) electrons. The topological polar surface area (TPSA) is 29.1 Å². The van der Waals surface area contributed by atoms with Crippen molar-refractivity contribution in [3.8, 4) is 0 Å². The molecule has 1 saturated carbocycles. The van der Waals surface area contributed by atoms with E-state index in [4.69, 9.17) is 0 Å². The van der Waals surface area contributed by atoms with Crippen LogP contribution in [0.4, 0.5) is 5.69 Å². The summed E-state index contributed by atoms with van der Waals surface area (Å²) in [5.41, 5.74) is 4.74. The zero-order chi connectivity index (χ0) is 16.7. The van der Waals surface area contributed by atoms with Crippen molar-refractivity contribution in [1.82, 2.24) is 0 Å². The lowest BCUT2D eigenvalue weighted by Gasteiger charge is -2.49. The third-order valence-corrected chi connectivity index (χ3v) is 6.40. The second kappa shape index (κ2) is 5.77. The number of Topliss-reactive ketones (excluding diaryl/α,β-unsaturated/α-hetero) is 1. The van der Waals surface area contributed by atoms with E-state index in [2.05, 4.69) is 55.6 Å². The van der Waals surface area contributed by atoms with Crippen molar-refractivity contribution in [3.05, 3.63) is 65.2 Å². The van der Waals surface area contributed by atoms with Gasteiger partial charge in [0.1, 0.15) is 0 Å². The SMILES string of the molecule is C[C@H]1[C@@H]2CCC[C@]1(C)c1cc(NCc3ccccc3)ccc1C2=O. The molecular formula is C22H25NO. The number of nitrogens with one attached hydrogen (secondary N) is 1. The van der Waals surface area contributed by atoms with Crippen molar-refractivity contribution < 1.29 is 4.79 Å². The van der Waals surface area contributed by atoms with Crippen LogP contribution >= 0.6 is 0 Å². The third kappa shape index (κ3) is 2.36. The van der Waals surface area contributed by atoms with Crippen LogP contribution in [0.5, 0.6) is 0 Å². The first kappa shape index (κ1) is 15.4. The molecule has 0 saturated heterocycles. The molecular weight excluding hydrogens is 294 g/mol. The highest BCUT2D eigenvalue weighted by atomic mass is 16.1. The highest BCUT2D eigenvalue weighted by Gasteiger charge is 2.49. The highest BCUT2D eigenvalue weighted by Crippen LogP contribution is 2.52. The maximum absolute atomic E-state index is 12.9. The monoisotopic (exact) mass is 319 g/mol. The fourth-order valence-corrected chi connectivity index (χ4v) is 4.69. The largest absolute Gasteiger partial charge is 0.381 e. The van der Waals surface area contributed by atoms with Crippen molar-refractivity contribution in [2.75, 3.05) is 5.32 Å². The maximum Gasteiger partial charge on any atom is 0.166 e. The molecule has 24 heavy (non-hydrogen) atoms. The van der Waals surface area contributed by atoms with Gasteiger partial charge in [-0.15, -0.1) is 0 Å². The Bertz CT molecular complexity index is 767. The molecule has 3 atom stereocenters. The molecule has 2 heteroatoms. The fourth-order valence-electron chi connectivity index (χ4n) is 4.69. The van der Waals surface area contributed by atoms with Gasteiger partial charge in [-0.05, 0) is 53.5 Å². The summed E-state index contributed by atoms with van der Waals surface area (Å²) in [7, 11) is 0. The molecule has 1 fully saturated rings. The minimum Gasteiger partial charge on any atom is -0.381 e. The molecule has 0 unspecified atom stereocenters. The van der Waals surface area contributed by atoms with Gasteiger partial charge in [-0.25, -0.2) is 0 Å². The fraction of sp³-hybridized carbons (Fsp3) is 0.409. The van der Waals surface area contributed by atoms with Gasteiger partial charge in [0.25, 0.3) is 0 Å². The molecule has 2 aromatic carbocycles. The van der Waals surface area contributed by atoms with Gasteiger partial charge >= 0.3 is 0 Å². The molecule has 2 aromatic rings. The van der Waals surface area contributed by atoms with E-state index in [0.29, 0.717) is 11.7 Å². The van der Waals surface area contributed by atoms with E-state index in [1.807, 2.05) is 12.1 Å². The number of rotatable bonds is 3. The minimum absolute atomic E-state index is 0.136. The first-order valence-electron chi connectivity index (χ1n) is 9.06. The Kier molecular flexibility index (Phi) is 3.71. The summed E-state index contributed by atoms with van der Waals surface area (Å²) in [6.07, 6.45) is 3.41. The van der Waals surface area contributed by atoms with Gasteiger partial charge in [0, 0.05) is 23.7 Å². The van der Waals surface area contributed by atoms with E-state index in [1.54, 1.807) is 0 Å². The van der Waals surface area contributed by atoms with Crippen LogP contribution in [0.2, 0.25) is 0 Å².